The summed E-state index contributed by atoms with van der Waals surface area (Å²) in [6.07, 6.45) is 4.84. The molecule has 32 heavy (non-hydrogen) atoms. The molecule has 1 aromatic carbocycles. The van der Waals surface area contributed by atoms with Crippen LogP contribution in [0.4, 0.5) is 19.5 Å². The van der Waals surface area contributed by atoms with Crippen molar-refractivity contribution in [3.05, 3.63) is 53.7 Å². The number of sulfonamides is 1. The van der Waals surface area contributed by atoms with Gasteiger partial charge in [0.05, 0.1) is 10.4 Å². The molecule has 0 saturated heterocycles. The molecule has 0 saturated carbocycles. The molecule has 0 aliphatic rings. The Morgan fingerprint density at radius 2 is 1.97 bits per heavy atom. The summed E-state index contributed by atoms with van der Waals surface area (Å²) in [4.78, 5) is 25.9. The van der Waals surface area contributed by atoms with Crippen LogP contribution in [0.25, 0.3) is 0 Å². The molecule has 3 aromatic rings. The van der Waals surface area contributed by atoms with E-state index < -0.39 is 49.8 Å². The number of aromatic nitrogens is 3. The fraction of sp³-hybridized carbons (Fsp3) is 0.176. The Hall–Kier alpha value is -3.43. The van der Waals surface area contributed by atoms with E-state index in [9.17, 15) is 26.8 Å². The predicted molar refractivity (Wildman–Crippen MR) is 109 cm³/mol. The minimum absolute atomic E-state index is 0.249. The predicted octanol–water partition coefficient (Wildman–Crippen LogP) is 0.607. The van der Waals surface area contributed by atoms with Gasteiger partial charge in [-0.05, 0) is 12.1 Å². The SMILES string of the molecule is NCCn1cc[n+](CC(=O)Nc2c(F)cc(S(=O)(=O)Nc3scnc3C(=O)O)cc2F)c1. The summed E-state index contributed by atoms with van der Waals surface area (Å²) in [5.74, 6) is -4.88. The third kappa shape index (κ3) is 5.24. The van der Waals surface area contributed by atoms with E-state index in [2.05, 4.69) is 10.3 Å². The molecule has 0 fully saturated rings. The van der Waals surface area contributed by atoms with E-state index in [1.54, 1.807) is 23.3 Å². The summed E-state index contributed by atoms with van der Waals surface area (Å²) in [7, 11) is -4.53. The first-order valence-electron chi connectivity index (χ1n) is 8.84. The Morgan fingerprint density at radius 1 is 1.28 bits per heavy atom. The second-order valence-electron chi connectivity index (χ2n) is 6.36. The molecule has 15 heteroatoms. The highest BCUT2D eigenvalue weighted by molar-refractivity contribution is 7.93. The van der Waals surface area contributed by atoms with Crippen LogP contribution in [-0.4, -0.2) is 41.5 Å². The number of carboxylic acids is 1. The average Bonchev–Trinajstić information content (AvgIpc) is 3.34. The van der Waals surface area contributed by atoms with Gasteiger partial charge in [-0.2, -0.15) is 0 Å². The first-order valence-corrected chi connectivity index (χ1v) is 11.2. The van der Waals surface area contributed by atoms with Crippen molar-refractivity contribution in [2.75, 3.05) is 16.6 Å². The lowest BCUT2D eigenvalue weighted by atomic mass is 10.3. The first-order chi connectivity index (χ1) is 15.1. The summed E-state index contributed by atoms with van der Waals surface area (Å²) in [6.45, 7) is 0.667. The zero-order valence-corrected chi connectivity index (χ0v) is 17.8. The Bertz CT molecular complexity index is 1250. The molecule has 11 nitrogen and oxygen atoms in total. The number of hydrogen-bond donors (Lipinski definition) is 4. The van der Waals surface area contributed by atoms with E-state index in [1.807, 2.05) is 4.72 Å². The van der Waals surface area contributed by atoms with E-state index in [4.69, 9.17) is 10.8 Å². The number of aromatic carboxylic acids is 1. The van der Waals surface area contributed by atoms with Gasteiger partial charge >= 0.3 is 5.97 Å². The molecule has 0 aliphatic carbocycles. The van der Waals surface area contributed by atoms with Crippen molar-refractivity contribution >= 4 is 43.9 Å². The Morgan fingerprint density at radius 3 is 2.59 bits per heavy atom. The second kappa shape index (κ2) is 9.37. The molecule has 0 atom stereocenters. The van der Waals surface area contributed by atoms with Crippen LogP contribution in [0.2, 0.25) is 0 Å². The first kappa shape index (κ1) is 23.2. The van der Waals surface area contributed by atoms with Crippen molar-refractivity contribution in [1.82, 2.24) is 9.55 Å². The summed E-state index contributed by atoms with van der Waals surface area (Å²) in [5.41, 5.74) is 5.17. The molecule has 1 amide bonds. The molecule has 5 N–H and O–H groups in total. The lowest BCUT2D eigenvalue weighted by Gasteiger charge is -2.11. The number of hydrogen-bond acceptors (Lipinski definition) is 7. The standard InChI is InChI=1S/C17H16F2N6O5S2/c18-11-5-10(32(29,30)23-16-15(17(27)28)21-8-31-16)6-12(19)14(11)22-13(26)7-25-4-3-24(9-25)2-1-20/h3-6,8-9,23H,1-2,7,20H2,(H-,22,26,27,28)/p+1. The number of nitrogens with one attached hydrogen (secondary N) is 2. The number of rotatable bonds is 9. The number of imidazole rings is 1. The van der Waals surface area contributed by atoms with Crippen molar-refractivity contribution in [3.8, 4) is 0 Å². The number of amides is 1. The van der Waals surface area contributed by atoms with E-state index in [0.29, 0.717) is 36.6 Å². The fourth-order valence-corrected chi connectivity index (χ4v) is 4.65. The number of halogens is 2. The second-order valence-corrected chi connectivity index (χ2v) is 8.90. The van der Waals surface area contributed by atoms with E-state index in [0.717, 1.165) is 5.51 Å². The topological polar surface area (TPSA) is 160 Å². The number of nitrogens with two attached hydrogens (primary N) is 1. The van der Waals surface area contributed by atoms with Gasteiger partial charge in [-0.3, -0.25) is 9.52 Å². The quantitative estimate of drug-likeness (QED) is 0.322. The zero-order valence-electron chi connectivity index (χ0n) is 16.2. The van der Waals surface area contributed by atoms with Gasteiger partial charge < -0.3 is 16.2 Å². The molecule has 170 valence electrons. The number of carbonyl (C=O) groups excluding carboxylic acids is 1. The lowest BCUT2D eigenvalue weighted by Crippen LogP contribution is -2.38. The summed E-state index contributed by atoms with van der Waals surface area (Å²) >= 11 is 0.687. The van der Waals surface area contributed by atoms with Gasteiger partial charge in [0, 0.05) is 6.54 Å². The summed E-state index contributed by atoms with van der Waals surface area (Å²) < 4.78 is 58.9. The maximum absolute atomic E-state index is 14.5. The van der Waals surface area contributed by atoms with Crippen LogP contribution in [0.1, 0.15) is 10.5 Å². The van der Waals surface area contributed by atoms with Crippen molar-refractivity contribution in [2.24, 2.45) is 5.73 Å². The van der Waals surface area contributed by atoms with Crippen LogP contribution in [0.5, 0.6) is 0 Å². The molecule has 3 rings (SSSR count). The van der Waals surface area contributed by atoms with Crippen molar-refractivity contribution in [3.63, 3.8) is 0 Å². The van der Waals surface area contributed by atoms with Gasteiger partial charge in [0.15, 0.2) is 23.9 Å². The molecule has 0 unspecified atom stereocenters. The number of carboxylic acid groups (broad SMARTS) is 1. The third-order valence-electron chi connectivity index (χ3n) is 4.05. The maximum atomic E-state index is 14.5. The van der Waals surface area contributed by atoms with Crippen LogP contribution < -0.4 is 20.3 Å². The molecule has 2 heterocycles. The van der Waals surface area contributed by atoms with Gasteiger partial charge in [-0.25, -0.2) is 36.1 Å². The van der Waals surface area contributed by atoms with Crippen molar-refractivity contribution in [2.45, 2.75) is 18.0 Å². The monoisotopic (exact) mass is 487 g/mol. The van der Waals surface area contributed by atoms with Gasteiger partial charge in [0.25, 0.3) is 15.9 Å². The number of benzene rings is 1. The average molecular weight is 487 g/mol. The summed E-state index contributed by atoms with van der Waals surface area (Å²) in [6, 6.07) is 1.01. The minimum atomic E-state index is -4.53. The molecular formula is C17H17F2N6O5S2+. The van der Waals surface area contributed by atoms with Crippen LogP contribution in [0.3, 0.4) is 0 Å². The number of carbonyl (C=O) groups is 2. The fourth-order valence-electron chi connectivity index (χ4n) is 2.63. The van der Waals surface area contributed by atoms with Crippen LogP contribution in [0.15, 0.2) is 41.3 Å². The summed E-state index contributed by atoms with van der Waals surface area (Å²) in [5, 5.41) is 10.8. The number of anilines is 2. The van der Waals surface area contributed by atoms with Gasteiger partial charge in [0.1, 0.15) is 29.6 Å². The van der Waals surface area contributed by atoms with Gasteiger partial charge in [-0.15, -0.1) is 11.3 Å². The smallest absolute Gasteiger partial charge is 0.357 e. The molecular weight excluding hydrogens is 470 g/mol. The largest absolute Gasteiger partial charge is 0.476 e. The van der Waals surface area contributed by atoms with Crippen LogP contribution in [0, 0.1) is 11.6 Å². The van der Waals surface area contributed by atoms with Crippen molar-refractivity contribution < 1.29 is 36.5 Å². The number of nitrogens with zero attached hydrogens (tertiary/aromatic N) is 3. The van der Waals surface area contributed by atoms with Crippen molar-refractivity contribution in [1.29, 1.82) is 0 Å². The van der Waals surface area contributed by atoms with Crippen LogP contribution in [-0.2, 0) is 27.9 Å². The minimum Gasteiger partial charge on any atom is -0.476 e. The molecule has 2 aromatic heterocycles. The molecule has 0 aliphatic heterocycles. The van der Waals surface area contributed by atoms with Crippen LogP contribution >= 0.6 is 11.3 Å². The third-order valence-corrected chi connectivity index (χ3v) is 6.25. The highest BCUT2D eigenvalue weighted by Gasteiger charge is 2.24. The van der Waals surface area contributed by atoms with Gasteiger partial charge in [-0.1, -0.05) is 0 Å². The molecule has 0 bridgehead atoms. The molecule has 0 spiro atoms. The number of thiazole rings is 1. The Kier molecular flexibility index (Phi) is 6.81. The maximum Gasteiger partial charge on any atom is 0.357 e. The van der Waals surface area contributed by atoms with E-state index in [-0.39, 0.29) is 11.5 Å². The normalized spacial score (nSPS) is 11.3. The Labute approximate surface area is 184 Å². The van der Waals surface area contributed by atoms with E-state index in [1.165, 1.54) is 4.57 Å². The zero-order chi connectivity index (χ0) is 23.5. The molecule has 0 radical (unpaired) electrons. The van der Waals surface area contributed by atoms with Gasteiger partial charge in [0.2, 0.25) is 6.33 Å². The highest BCUT2D eigenvalue weighted by Crippen LogP contribution is 2.27. The highest BCUT2D eigenvalue weighted by atomic mass is 32.2. The Balaban J connectivity index is 1.77. The van der Waals surface area contributed by atoms with E-state index >= 15 is 0 Å². The lowest BCUT2D eigenvalue weighted by molar-refractivity contribution is -0.683.